The Kier molecular flexibility index (Phi) is 4.57. The van der Waals surface area contributed by atoms with E-state index in [9.17, 15) is 14.0 Å². The van der Waals surface area contributed by atoms with Gasteiger partial charge in [0.15, 0.2) is 0 Å². The van der Waals surface area contributed by atoms with Gasteiger partial charge in [-0.25, -0.2) is 4.39 Å². The predicted octanol–water partition coefficient (Wildman–Crippen LogP) is 2.94. The van der Waals surface area contributed by atoms with Gasteiger partial charge < -0.3 is 14.6 Å². The molecule has 3 fully saturated rings. The number of hydrogen-bond acceptors (Lipinski definition) is 4. The van der Waals surface area contributed by atoms with E-state index >= 15 is 0 Å². The van der Waals surface area contributed by atoms with Crippen LogP contribution in [-0.2, 0) is 9.53 Å². The van der Waals surface area contributed by atoms with Crippen LogP contribution >= 0.6 is 0 Å². The summed E-state index contributed by atoms with van der Waals surface area (Å²) in [4.78, 5) is 32.8. The molecule has 1 spiro atoms. The van der Waals surface area contributed by atoms with Gasteiger partial charge in [-0.3, -0.25) is 14.5 Å². The molecule has 3 aliphatic rings. The highest BCUT2D eigenvalue weighted by molar-refractivity contribution is 5.98. The lowest BCUT2D eigenvalue weighted by molar-refractivity contribution is -0.150. The fourth-order valence-corrected chi connectivity index (χ4v) is 5.13. The number of amides is 1. The van der Waals surface area contributed by atoms with Crippen LogP contribution in [0.25, 0.3) is 10.9 Å². The Morgan fingerprint density at radius 1 is 1.17 bits per heavy atom. The van der Waals surface area contributed by atoms with Crippen molar-refractivity contribution in [1.82, 2.24) is 14.8 Å². The second kappa shape index (κ2) is 7.13. The maximum atomic E-state index is 13.4. The third kappa shape index (κ3) is 3.41. The van der Waals surface area contributed by atoms with E-state index in [4.69, 9.17) is 4.74 Å². The minimum atomic E-state index is -0.440. The highest BCUT2D eigenvalue weighted by atomic mass is 19.1. The maximum Gasteiger partial charge on any atom is 0.312 e. The van der Waals surface area contributed by atoms with Crippen LogP contribution in [0.4, 0.5) is 4.39 Å². The number of carbonyl (C=O) groups is 2. The average Bonchev–Trinajstić information content (AvgIpc) is 3.42. The van der Waals surface area contributed by atoms with Crippen LogP contribution in [0.15, 0.2) is 24.3 Å². The molecule has 7 heteroatoms. The van der Waals surface area contributed by atoms with E-state index in [0.717, 1.165) is 31.6 Å². The molecule has 0 aliphatic carbocycles. The number of nitrogens with one attached hydrogen (secondary N) is 1. The van der Waals surface area contributed by atoms with Crippen molar-refractivity contribution in [3.05, 3.63) is 35.8 Å². The minimum Gasteiger partial charge on any atom is -0.461 e. The lowest BCUT2D eigenvalue weighted by Crippen LogP contribution is -2.45. The first-order valence-electron chi connectivity index (χ1n) is 10.5. The van der Waals surface area contributed by atoms with E-state index in [-0.39, 0.29) is 23.8 Å². The number of carbonyl (C=O) groups excluding carboxylic acids is 2. The van der Waals surface area contributed by atoms with Crippen LogP contribution in [0, 0.1) is 11.2 Å². The Bertz CT molecular complexity index is 942. The molecule has 3 aliphatic heterocycles. The number of ether oxygens (including phenoxy) is 1. The number of cyclic esters (lactones) is 1. The van der Waals surface area contributed by atoms with Gasteiger partial charge in [0, 0.05) is 37.0 Å². The molecule has 29 heavy (non-hydrogen) atoms. The van der Waals surface area contributed by atoms with Crippen LogP contribution in [0.1, 0.15) is 42.6 Å². The van der Waals surface area contributed by atoms with Gasteiger partial charge in [0.2, 0.25) is 0 Å². The zero-order valence-electron chi connectivity index (χ0n) is 16.5. The molecule has 154 valence electrons. The SMILES string of the molecule is O=C(c1cc2cc(F)ccc2[nH]1)N1CCC2(CC1)CC(CN1CCCC1)OC2=O. The number of fused-ring (bicyclic) bond motifs is 1. The van der Waals surface area contributed by atoms with Crippen molar-refractivity contribution >= 4 is 22.8 Å². The Morgan fingerprint density at radius 3 is 2.69 bits per heavy atom. The van der Waals surface area contributed by atoms with Gasteiger partial charge in [0.05, 0.1) is 5.41 Å². The summed E-state index contributed by atoms with van der Waals surface area (Å²) in [5.74, 6) is -0.509. The molecule has 5 rings (SSSR count). The summed E-state index contributed by atoms with van der Waals surface area (Å²) < 4.78 is 19.1. The fraction of sp³-hybridized carbons (Fsp3) is 0.545. The highest BCUT2D eigenvalue weighted by Crippen LogP contribution is 2.43. The van der Waals surface area contributed by atoms with E-state index in [1.165, 1.54) is 25.0 Å². The molecule has 0 bridgehead atoms. The van der Waals surface area contributed by atoms with Crippen LogP contribution in [0.3, 0.4) is 0 Å². The molecule has 0 radical (unpaired) electrons. The van der Waals surface area contributed by atoms with E-state index in [1.807, 2.05) is 0 Å². The third-order valence-electron chi connectivity index (χ3n) is 6.81. The van der Waals surface area contributed by atoms with Crippen LogP contribution < -0.4 is 0 Å². The second-order valence-electron chi connectivity index (χ2n) is 8.73. The number of aromatic amines is 1. The van der Waals surface area contributed by atoms with Crippen LogP contribution in [0.2, 0.25) is 0 Å². The summed E-state index contributed by atoms with van der Waals surface area (Å²) in [6.45, 7) is 4.10. The molecule has 1 atom stereocenters. The van der Waals surface area contributed by atoms with Crippen molar-refractivity contribution in [3.8, 4) is 0 Å². The number of nitrogens with zero attached hydrogens (tertiary/aromatic N) is 2. The Hall–Kier alpha value is -2.41. The summed E-state index contributed by atoms with van der Waals surface area (Å²) in [6, 6.07) is 6.13. The smallest absolute Gasteiger partial charge is 0.312 e. The van der Waals surface area contributed by atoms with Gasteiger partial charge >= 0.3 is 5.97 Å². The zero-order valence-corrected chi connectivity index (χ0v) is 16.5. The average molecular weight is 399 g/mol. The number of hydrogen-bond donors (Lipinski definition) is 1. The Labute approximate surface area is 169 Å². The van der Waals surface area contributed by atoms with Crippen LogP contribution in [0.5, 0.6) is 0 Å². The van der Waals surface area contributed by atoms with Gasteiger partial charge in [-0.15, -0.1) is 0 Å². The minimum absolute atomic E-state index is 0.0218. The molecule has 2 aromatic rings. The molecule has 3 saturated heterocycles. The Morgan fingerprint density at radius 2 is 1.93 bits per heavy atom. The summed E-state index contributed by atoms with van der Waals surface area (Å²) in [5, 5.41) is 0.686. The molecule has 1 N–H and O–H groups in total. The van der Waals surface area contributed by atoms with Crippen molar-refractivity contribution < 1.29 is 18.7 Å². The number of benzene rings is 1. The van der Waals surface area contributed by atoms with Gasteiger partial charge in [-0.2, -0.15) is 0 Å². The summed E-state index contributed by atoms with van der Waals surface area (Å²) in [6.07, 6.45) is 4.47. The molecule has 6 nitrogen and oxygen atoms in total. The molecule has 4 heterocycles. The monoisotopic (exact) mass is 399 g/mol. The van der Waals surface area contributed by atoms with E-state index in [1.54, 1.807) is 17.0 Å². The van der Waals surface area contributed by atoms with E-state index in [2.05, 4.69) is 9.88 Å². The summed E-state index contributed by atoms with van der Waals surface area (Å²) in [5.41, 5.74) is 0.764. The number of halogens is 1. The number of rotatable bonds is 3. The van der Waals surface area contributed by atoms with E-state index in [0.29, 0.717) is 37.0 Å². The van der Waals surface area contributed by atoms with Gasteiger partial charge in [0.25, 0.3) is 5.91 Å². The summed E-state index contributed by atoms with van der Waals surface area (Å²) in [7, 11) is 0. The Balaban J connectivity index is 1.23. The topological polar surface area (TPSA) is 65.6 Å². The molecule has 0 saturated carbocycles. The van der Waals surface area contributed by atoms with Crippen molar-refractivity contribution in [3.63, 3.8) is 0 Å². The van der Waals surface area contributed by atoms with Crippen LogP contribution in [-0.4, -0.2) is 65.5 Å². The van der Waals surface area contributed by atoms with Crippen molar-refractivity contribution in [2.45, 2.75) is 38.2 Å². The fourth-order valence-electron chi connectivity index (χ4n) is 5.13. The molecule has 1 aromatic carbocycles. The molecule has 1 amide bonds. The molecular formula is C22H26FN3O3. The lowest BCUT2D eigenvalue weighted by atomic mass is 9.76. The first kappa shape index (κ1) is 18.6. The first-order chi connectivity index (χ1) is 14.0. The number of esters is 1. The third-order valence-corrected chi connectivity index (χ3v) is 6.81. The number of likely N-dealkylation sites (tertiary alicyclic amines) is 2. The van der Waals surface area contributed by atoms with Crippen molar-refractivity contribution in [1.29, 1.82) is 0 Å². The van der Waals surface area contributed by atoms with Crippen molar-refractivity contribution in [2.75, 3.05) is 32.7 Å². The largest absolute Gasteiger partial charge is 0.461 e. The first-order valence-corrected chi connectivity index (χ1v) is 10.5. The molecular weight excluding hydrogens is 373 g/mol. The van der Waals surface area contributed by atoms with Gasteiger partial charge in [-0.05, 0) is 63.0 Å². The van der Waals surface area contributed by atoms with Gasteiger partial charge in [-0.1, -0.05) is 0 Å². The number of aromatic nitrogens is 1. The molecule has 1 unspecified atom stereocenters. The zero-order chi connectivity index (χ0) is 20.0. The quantitative estimate of drug-likeness (QED) is 0.806. The number of piperidine rings is 1. The second-order valence-corrected chi connectivity index (χ2v) is 8.73. The van der Waals surface area contributed by atoms with Gasteiger partial charge in [0.1, 0.15) is 17.6 Å². The maximum absolute atomic E-state index is 13.4. The molecule has 1 aromatic heterocycles. The lowest BCUT2D eigenvalue weighted by Gasteiger charge is -2.36. The predicted molar refractivity (Wildman–Crippen MR) is 106 cm³/mol. The summed E-state index contributed by atoms with van der Waals surface area (Å²) >= 11 is 0. The number of H-pyrrole nitrogens is 1. The van der Waals surface area contributed by atoms with E-state index < -0.39 is 5.41 Å². The van der Waals surface area contributed by atoms with Crippen molar-refractivity contribution in [2.24, 2.45) is 5.41 Å². The normalized spacial score (nSPS) is 24.5. The highest BCUT2D eigenvalue weighted by Gasteiger charge is 2.51. The standard InChI is InChI=1S/C22H26FN3O3/c23-16-3-4-18-15(11-16)12-19(24-18)20(27)26-9-5-22(6-10-26)13-17(29-21(22)28)14-25-7-1-2-8-25/h3-4,11-12,17,24H,1-2,5-10,13-14H2.